The summed E-state index contributed by atoms with van der Waals surface area (Å²) in [6, 6.07) is 5.95. The van der Waals surface area contributed by atoms with Crippen molar-refractivity contribution in [2.45, 2.75) is 5.75 Å². The average molecular weight is 409 g/mol. The van der Waals surface area contributed by atoms with Crippen LogP contribution in [0.25, 0.3) is 11.4 Å². The number of urea groups is 1. The van der Waals surface area contributed by atoms with E-state index < -0.39 is 15.9 Å². The summed E-state index contributed by atoms with van der Waals surface area (Å²) >= 11 is 0. The van der Waals surface area contributed by atoms with Gasteiger partial charge in [-0.1, -0.05) is 0 Å². The number of hydrogen-bond donors (Lipinski definition) is 3. The Morgan fingerprint density at radius 1 is 1.21 bits per heavy atom. The largest absolute Gasteiger partial charge is 0.495 e. The Morgan fingerprint density at radius 2 is 1.96 bits per heavy atom. The molecular weight excluding hydrogens is 386 g/mol. The molecule has 0 bridgehead atoms. The van der Waals surface area contributed by atoms with Gasteiger partial charge >= 0.3 is 6.03 Å². The predicted molar refractivity (Wildman–Crippen MR) is 106 cm³/mol. The number of nitrogens with two attached hydrogens (primary N) is 1. The molecule has 28 heavy (non-hydrogen) atoms. The van der Waals surface area contributed by atoms with Gasteiger partial charge in [0.25, 0.3) is 0 Å². The summed E-state index contributed by atoms with van der Waals surface area (Å²) in [5.41, 5.74) is 7.09. The lowest BCUT2D eigenvalue weighted by molar-refractivity contribution is 0.198. The number of anilines is 2. The van der Waals surface area contributed by atoms with E-state index in [2.05, 4.69) is 20.6 Å². The van der Waals surface area contributed by atoms with Crippen molar-refractivity contribution in [3.63, 3.8) is 0 Å². The van der Waals surface area contributed by atoms with E-state index in [1.807, 2.05) is 0 Å². The van der Waals surface area contributed by atoms with E-state index >= 15 is 0 Å². The van der Waals surface area contributed by atoms with E-state index in [0.717, 1.165) is 6.26 Å². The van der Waals surface area contributed by atoms with Crippen LogP contribution < -0.4 is 21.1 Å². The Kier molecular flexibility index (Phi) is 7.12. The molecule has 0 atom stereocenters. The first kappa shape index (κ1) is 21.4. The fraction of sp³-hybridized carbons (Fsp3) is 0.353. The summed E-state index contributed by atoms with van der Waals surface area (Å²) in [5.74, 6) is 0.552. The van der Waals surface area contributed by atoms with Crippen LogP contribution >= 0.6 is 0 Å². The van der Waals surface area contributed by atoms with Gasteiger partial charge in [0.05, 0.1) is 30.9 Å². The molecule has 0 aliphatic rings. The van der Waals surface area contributed by atoms with E-state index in [1.54, 1.807) is 25.3 Å². The molecule has 0 saturated carbocycles. The molecule has 10 nitrogen and oxygen atoms in total. The Bertz CT molecular complexity index is 949. The molecule has 1 aromatic heterocycles. The zero-order valence-corrected chi connectivity index (χ0v) is 16.7. The maximum atomic E-state index is 11.9. The van der Waals surface area contributed by atoms with E-state index in [-0.39, 0.29) is 17.4 Å². The molecule has 11 heteroatoms. The third-order valence-electron chi connectivity index (χ3n) is 3.51. The molecule has 2 aromatic rings. The minimum Gasteiger partial charge on any atom is -0.495 e. The number of amides is 2. The number of nitrogen functional groups attached to an aromatic ring is 1. The quantitative estimate of drug-likeness (QED) is 0.548. The van der Waals surface area contributed by atoms with Crippen molar-refractivity contribution in [3.05, 3.63) is 30.0 Å². The van der Waals surface area contributed by atoms with Gasteiger partial charge in [-0.2, -0.15) is 0 Å². The first-order chi connectivity index (χ1) is 13.2. The van der Waals surface area contributed by atoms with Gasteiger partial charge in [-0.25, -0.2) is 23.2 Å². The van der Waals surface area contributed by atoms with Crippen molar-refractivity contribution in [2.24, 2.45) is 0 Å². The first-order valence-electron chi connectivity index (χ1n) is 8.25. The Hall–Kier alpha value is -2.92. The first-order valence-corrected chi connectivity index (χ1v) is 10.3. The third-order valence-corrected chi connectivity index (χ3v) is 4.33. The summed E-state index contributed by atoms with van der Waals surface area (Å²) < 4.78 is 33.3. The molecule has 0 unspecified atom stereocenters. The maximum absolute atomic E-state index is 11.9. The number of benzene rings is 1. The fourth-order valence-corrected chi connectivity index (χ4v) is 3.04. The highest BCUT2D eigenvalue weighted by Gasteiger charge is 2.13. The molecule has 2 amide bonds. The molecule has 2 rings (SSSR count). The zero-order chi connectivity index (χ0) is 20.7. The van der Waals surface area contributed by atoms with Crippen LogP contribution in [0.3, 0.4) is 0 Å². The van der Waals surface area contributed by atoms with Crippen molar-refractivity contribution in [1.82, 2.24) is 15.3 Å². The molecular formula is C17H23N5O5S. The van der Waals surface area contributed by atoms with Gasteiger partial charge in [0, 0.05) is 31.5 Å². The van der Waals surface area contributed by atoms with Crippen LogP contribution in [0.4, 0.5) is 16.3 Å². The summed E-state index contributed by atoms with van der Waals surface area (Å²) in [6.07, 6.45) is 1.12. The Balaban J connectivity index is 2.27. The van der Waals surface area contributed by atoms with Gasteiger partial charge in [0.2, 0.25) is 0 Å². The highest BCUT2D eigenvalue weighted by molar-refractivity contribution is 7.89. The lowest BCUT2D eigenvalue weighted by atomic mass is 10.1. The number of methoxy groups -OCH3 is 2. The standard InChI is InChI=1S/C17H23N5O5S/c1-26-7-6-19-17(23)21-13-5-4-11(8-14(13)27-2)16-20-12(9-15(18)22-16)10-28(3,24)25/h4-5,8-9H,6-7,10H2,1-3H3,(H2,18,20,22)(H2,19,21,23). The summed E-state index contributed by atoms with van der Waals surface area (Å²) in [7, 11) is -0.266. The second kappa shape index (κ2) is 9.33. The molecule has 152 valence electrons. The second-order valence-corrected chi connectivity index (χ2v) is 8.11. The van der Waals surface area contributed by atoms with E-state index in [4.69, 9.17) is 15.2 Å². The number of rotatable bonds is 8. The monoisotopic (exact) mass is 409 g/mol. The normalized spacial score (nSPS) is 11.1. The smallest absolute Gasteiger partial charge is 0.319 e. The molecule has 0 fully saturated rings. The highest BCUT2D eigenvalue weighted by atomic mass is 32.2. The van der Waals surface area contributed by atoms with Gasteiger partial charge in [-0.05, 0) is 18.2 Å². The summed E-state index contributed by atoms with van der Waals surface area (Å²) in [5, 5.41) is 5.32. The molecule has 0 aliphatic carbocycles. The highest BCUT2D eigenvalue weighted by Crippen LogP contribution is 2.30. The van der Waals surface area contributed by atoms with Gasteiger partial charge in [-0.15, -0.1) is 0 Å². The van der Waals surface area contributed by atoms with Crippen molar-refractivity contribution in [3.8, 4) is 17.1 Å². The Morgan fingerprint density at radius 3 is 2.61 bits per heavy atom. The minimum absolute atomic E-state index is 0.155. The number of ether oxygens (including phenoxy) is 2. The van der Waals surface area contributed by atoms with Gasteiger partial charge in [-0.3, -0.25) is 0 Å². The van der Waals surface area contributed by atoms with Crippen molar-refractivity contribution in [2.75, 3.05) is 44.7 Å². The number of sulfone groups is 1. The fourth-order valence-electron chi connectivity index (χ4n) is 2.36. The molecule has 0 saturated heterocycles. The van der Waals surface area contributed by atoms with Gasteiger partial charge in [0.15, 0.2) is 15.7 Å². The lowest BCUT2D eigenvalue weighted by Gasteiger charge is -2.13. The molecule has 0 radical (unpaired) electrons. The van der Waals surface area contributed by atoms with Crippen LogP contribution in [0.1, 0.15) is 5.69 Å². The topological polar surface area (TPSA) is 146 Å². The van der Waals surface area contributed by atoms with Crippen LogP contribution in [-0.2, 0) is 20.3 Å². The Labute approximate surface area is 163 Å². The lowest BCUT2D eigenvalue weighted by Crippen LogP contribution is -2.31. The molecule has 0 spiro atoms. The second-order valence-electron chi connectivity index (χ2n) is 5.97. The number of nitrogens with one attached hydrogen (secondary N) is 2. The molecule has 0 aliphatic heterocycles. The SMILES string of the molecule is COCCNC(=O)Nc1ccc(-c2nc(N)cc(CS(C)(=O)=O)n2)cc1OC. The number of hydrogen-bond acceptors (Lipinski definition) is 8. The van der Waals surface area contributed by atoms with E-state index in [9.17, 15) is 13.2 Å². The number of aromatic nitrogens is 2. The average Bonchev–Trinajstić information content (AvgIpc) is 2.60. The molecule has 1 aromatic carbocycles. The van der Waals surface area contributed by atoms with Gasteiger partial charge < -0.3 is 25.8 Å². The number of carbonyl (C=O) groups excluding carboxylic acids is 1. The van der Waals surface area contributed by atoms with E-state index in [1.165, 1.54) is 13.2 Å². The van der Waals surface area contributed by atoms with E-state index in [0.29, 0.717) is 35.8 Å². The number of carbonyl (C=O) groups is 1. The predicted octanol–water partition coefficient (Wildman–Crippen LogP) is 1.05. The summed E-state index contributed by atoms with van der Waals surface area (Å²) in [4.78, 5) is 20.3. The van der Waals surface area contributed by atoms with Crippen LogP contribution in [-0.4, -0.2) is 58.0 Å². The van der Waals surface area contributed by atoms with Crippen LogP contribution in [0.2, 0.25) is 0 Å². The van der Waals surface area contributed by atoms with Crippen LogP contribution in [0.15, 0.2) is 24.3 Å². The van der Waals surface area contributed by atoms with Crippen molar-refractivity contribution in [1.29, 1.82) is 0 Å². The molecule has 1 heterocycles. The van der Waals surface area contributed by atoms with Crippen molar-refractivity contribution >= 4 is 27.4 Å². The number of nitrogens with zero attached hydrogens (tertiary/aromatic N) is 2. The third kappa shape index (κ3) is 6.35. The van der Waals surface area contributed by atoms with Crippen LogP contribution in [0, 0.1) is 0 Å². The van der Waals surface area contributed by atoms with Gasteiger partial charge in [0.1, 0.15) is 11.6 Å². The molecule has 4 N–H and O–H groups in total. The van der Waals surface area contributed by atoms with Crippen LogP contribution in [0.5, 0.6) is 5.75 Å². The minimum atomic E-state index is -3.27. The zero-order valence-electron chi connectivity index (χ0n) is 15.9. The van der Waals surface area contributed by atoms with Crippen molar-refractivity contribution < 1.29 is 22.7 Å². The maximum Gasteiger partial charge on any atom is 0.319 e. The summed E-state index contributed by atoms with van der Waals surface area (Å²) in [6.45, 7) is 0.759.